The number of carbonyl (C=O) groups is 1. The second-order valence-corrected chi connectivity index (χ2v) is 5.99. The van der Waals surface area contributed by atoms with E-state index in [2.05, 4.69) is 27.4 Å². The molecule has 84 valence electrons. The average molecular weight is 208 g/mol. The lowest BCUT2D eigenvalue weighted by Crippen LogP contribution is -2.34. The van der Waals surface area contributed by atoms with E-state index in [1.807, 2.05) is 0 Å². The zero-order chi connectivity index (χ0) is 11.4. The van der Waals surface area contributed by atoms with Crippen LogP contribution in [0, 0.1) is 22.7 Å². The summed E-state index contributed by atoms with van der Waals surface area (Å²) in [6.45, 7) is 10.6. The fourth-order valence-electron chi connectivity index (χ4n) is 3.88. The van der Waals surface area contributed by atoms with E-state index in [0.717, 1.165) is 12.8 Å². The molecule has 0 spiro atoms. The molecule has 2 bridgehead atoms. The number of carboxylic acids is 1. The number of fused-ring (bicyclic) bond motifs is 2. The lowest BCUT2D eigenvalue weighted by molar-refractivity contribution is -0.133. The van der Waals surface area contributed by atoms with Crippen LogP contribution in [0.2, 0.25) is 0 Å². The first-order chi connectivity index (χ1) is 6.80. The highest BCUT2D eigenvalue weighted by molar-refractivity contribution is 5.86. The van der Waals surface area contributed by atoms with Crippen LogP contribution in [0.4, 0.5) is 0 Å². The molecule has 1 N–H and O–H groups in total. The molecule has 0 amide bonds. The molecule has 0 radical (unpaired) electrons. The second kappa shape index (κ2) is 2.87. The van der Waals surface area contributed by atoms with Crippen molar-refractivity contribution in [1.82, 2.24) is 0 Å². The molecule has 0 aromatic heterocycles. The minimum atomic E-state index is -0.815. The molecule has 0 aliphatic heterocycles. The van der Waals surface area contributed by atoms with Gasteiger partial charge in [-0.2, -0.15) is 0 Å². The normalized spacial score (nSPS) is 41.8. The summed E-state index contributed by atoms with van der Waals surface area (Å²) in [4.78, 5) is 11.0. The van der Waals surface area contributed by atoms with Crippen molar-refractivity contribution < 1.29 is 9.90 Å². The Morgan fingerprint density at radius 3 is 2.33 bits per heavy atom. The van der Waals surface area contributed by atoms with E-state index in [0.29, 0.717) is 11.5 Å². The van der Waals surface area contributed by atoms with E-state index >= 15 is 0 Å². The van der Waals surface area contributed by atoms with Crippen LogP contribution < -0.4 is 0 Å². The number of rotatable bonds is 2. The smallest absolute Gasteiger partial charge is 0.331 e. The van der Waals surface area contributed by atoms with Crippen LogP contribution in [0.3, 0.4) is 0 Å². The largest absolute Gasteiger partial charge is 0.478 e. The maximum absolute atomic E-state index is 11.0. The van der Waals surface area contributed by atoms with Crippen molar-refractivity contribution in [3.05, 3.63) is 12.2 Å². The number of carboxylic acid groups (broad SMARTS) is 1. The summed E-state index contributed by atoms with van der Waals surface area (Å²) in [5.74, 6) is 0.0527. The van der Waals surface area contributed by atoms with Gasteiger partial charge in [0, 0.05) is 5.57 Å². The fraction of sp³-hybridized carbons (Fsp3) is 0.769. The summed E-state index contributed by atoms with van der Waals surface area (Å²) in [6, 6.07) is 0. The Hall–Kier alpha value is -0.790. The predicted octanol–water partition coefficient (Wildman–Crippen LogP) is 3.09. The van der Waals surface area contributed by atoms with Crippen LogP contribution in [-0.4, -0.2) is 11.1 Å². The van der Waals surface area contributed by atoms with Crippen LogP contribution in [0.5, 0.6) is 0 Å². The van der Waals surface area contributed by atoms with E-state index in [1.54, 1.807) is 0 Å². The minimum Gasteiger partial charge on any atom is -0.478 e. The van der Waals surface area contributed by atoms with Crippen LogP contribution in [-0.2, 0) is 4.79 Å². The topological polar surface area (TPSA) is 37.3 Å². The van der Waals surface area contributed by atoms with Crippen molar-refractivity contribution in [2.75, 3.05) is 0 Å². The van der Waals surface area contributed by atoms with E-state index in [4.69, 9.17) is 5.11 Å². The first-order valence-electron chi connectivity index (χ1n) is 5.73. The van der Waals surface area contributed by atoms with E-state index in [9.17, 15) is 4.79 Å². The second-order valence-electron chi connectivity index (χ2n) is 5.99. The van der Waals surface area contributed by atoms with E-state index in [-0.39, 0.29) is 16.7 Å². The van der Waals surface area contributed by atoms with Crippen molar-refractivity contribution in [2.24, 2.45) is 22.7 Å². The molecule has 2 heteroatoms. The first-order valence-corrected chi connectivity index (χ1v) is 5.73. The number of hydrogen-bond donors (Lipinski definition) is 1. The van der Waals surface area contributed by atoms with Crippen molar-refractivity contribution in [1.29, 1.82) is 0 Å². The highest BCUT2D eigenvalue weighted by Gasteiger charge is 2.62. The molecule has 0 aromatic rings. The van der Waals surface area contributed by atoms with Gasteiger partial charge in [-0.15, -0.1) is 0 Å². The van der Waals surface area contributed by atoms with Crippen molar-refractivity contribution in [2.45, 2.75) is 40.0 Å². The molecule has 2 nitrogen and oxygen atoms in total. The van der Waals surface area contributed by atoms with Crippen LogP contribution in [0.15, 0.2) is 12.2 Å². The molecule has 15 heavy (non-hydrogen) atoms. The first kappa shape index (κ1) is 10.7. The Kier molecular flexibility index (Phi) is 2.05. The van der Waals surface area contributed by atoms with Gasteiger partial charge in [-0.3, -0.25) is 0 Å². The summed E-state index contributed by atoms with van der Waals surface area (Å²) in [7, 11) is 0. The van der Waals surface area contributed by atoms with Gasteiger partial charge < -0.3 is 5.11 Å². The van der Waals surface area contributed by atoms with Gasteiger partial charge >= 0.3 is 5.97 Å². The Morgan fingerprint density at radius 1 is 1.40 bits per heavy atom. The van der Waals surface area contributed by atoms with Crippen molar-refractivity contribution >= 4 is 5.97 Å². The monoisotopic (exact) mass is 208 g/mol. The Bertz CT molecular complexity index is 329. The lowest BCUT2D eigenvalue weighted by atomic mass is 9.65. The molecule has 1 unspecified atom stereocenters. The third-order valence-corrected chi connectivity index (χ3v) is 5.49. The zero-order valence-electron chi connectivity index (χ0n) is 9.84. The van der Waals surface area contributed by atoms with E-state index < -0.39 is 5.97 Å². The molecule has 2 aliphatic rings. The fourth-order valence-corrected chi connectivity index (χ4v) is 3.88. The van der Waals surface area contributed by atoms with Gasteiger partial charge in [-0.05, 0) is 41.9 Å². The summed E-state index contributed by atoms with van der Waals surface area (Å²) < 4.78 is 0. The molecular weight excluding hydrogens is 188 g/mol. The summed E-state index contributed by atoms with van der Waals surface area (Å²) in [5.41, 5.74) is 0.844. The molecule has 0 heterocycles. The Labute approximate surface area is 91.4 Å². The van der Waals surface area contributed by atoms with Crippen molar-refractivity contribution in [3.8, 4) is 0 Å². The van der Waals surface area contributed by atoms with Crippen molar-refractivity contribution in [3.63, 3.8) is 0 Å². The maximum atomic E-state index is 11.0. The summed E-state index contributed by atoms with van der Waals surface area (Å²) in [5, 5.41) is 9.06. The van der Waals surface area contributed by atoms with Crippen LogP contribution in [0.1, 0.15) is 40.0 Å². The molecule has 2 rings (SSSR count). The third-order valence-electron chi connectivity index (χ3n) is 5.49. The quantitative estimate of drug-likeness (QED) is 0.708. The van der Waals surface area contributed by atoms with Gasteiger partial charge in [0.25, 0.3) is 0 Å². The average Bonchev–Trinajstić information content (AvgIpc) is 2.47. The highest BCUT2D eigenvalue weighted by Crippen LogP contribution is 2.69. The Morgan fingerprint density at radius 2 is 2.00 bits per heavy atom. The molecule has 2 fully saturated rings. The van der Waals surface area contributed by atoms with E-state index in [1.165, 1.54) is 6.42 Å². The van der Waals surface area contributed by atoms with Crippen LogP contribution in [0.25, 0.3) is 0 Å². The standard InChI is InChI=1S/C13H20O2/c1-8(11(14)15)10-7-9-5-6-13(10,4)12(9,2)3/h9-10H,1,5-7H2,2-4H3,(H,14,15)/t9-,10?,13-/m1/s1. The maximum Gasteiger partial charge on any atom is 0.331 e. The molecule has 0 aromatic carbocycles. The van der Waals surface area contributed by atoms with Gasteiger partial charge in [-0.25, -0.2) is 4.79 Å². The SMILES string of the molecule is C=C(C(=O)O)C1C[C@H]2CC[C@@]1(C)C2(C)C. The molecule has 0 saturated heterocycles. The summed E-state index contributed by atoms with van der Waals surface area (Å²) >= 11 is 0. The van der Waals surface area contributed by atoms with Gasteiger partial charge in [-0.1, -0.05) is 27.4 Å². The Balaban J connectivity index is 2.34. The highest BCUT2D eigenvalue weighted by atomic mass is 16.4. The van der Waals surface area contributed by atoms with Gasteiger partial charge in [0.1, 0.15) is 0 Å². The van der Waals surface area contributed by atoms with Gasteiger partial charge in [0.2, 0.25) is 0 Å². The predicted molar refractivity (Wildman–Crippen MR) is 59.5 cm³/mol. The van der Waals surface area contributed by atoms with Gasteiger partial charge in [0.05, 0.1) is 0 Å². The molecule has 3 atom stereocenters. The third kappa shape index (κ3) is 1.14. The molecule has 2 saturated carbocycles. The lowest BCUT2D eigenvalue weighted by Gasteiger charge is -2.39. The molecule has 2 aliphatic carbocycles. The number of hydrogen-bond acceptors (Lipinski definition) is 1. The number of aliphatic carboxylic acids is 1. The zero-order valence-corrected chi connectivity index (χ0v) is 9.84. The minimum absolute atomic E-state index is 0.146. The summed E-state index contributed by atoms with van der Waals surface area (Å²) in [6.07, 6.45) is 3.43. The molecular formula is C13H20O2. The van der Waals surface area contributed by atoms with Crippen LogP contribution >= 0.6 is 0 Å². The van der Waals surface area contributed by atoms with Gasteiger partial charge in [0.15, 0.2) is 0 Å².